The van der Waals surface area contributed by atoms with Gasteiger partial charge in [0.15, 0.2) is 0 Å². The molecular weight excluding hydrogens is 438 g/mol. The lowest BCUT2D eigenvalue weighted by Crippen LogP contribution is -2.51. The summed E-state index contributed by atoms with van der Waals surface area (Å²) >= 11 is 4.72. The molecule has 0 saturated carbocycles. The second-order valence-electron chi connectivity index (χ2n) is 8.70. The van der Waals surface area contributed by atoms with Crippen molar-refractivity contribution in [3.63, 3.8) is 0 Å². The highest BCUT2D eigenvalue weighted by Crippen LogP contribution is 2.28. The Kier molecular flexibility index (Phi) is 8.53. The van der Waals surface area contributed by atoms with Crippen molar-refractivity contribution in [3.05, 3.63) is 70.8 Å². The monoisotopic (exact) mass is 471 g/mol. The third-order valence-corrected chi connectivity index (χ3v) is 6.47. The number of nitrogens with two attached hydrogens (primary N) is 1. The summed E-state index contributed by atoms with van der Waals surface area (Å²) in [5.74, 6) is -0.393. The average molecular weight is 472 g/mol. The van der Waals surface area contributed by atoms with Crippen LogP contribution in [0.3, 0.4) is 0 Å². The molecule has 0 aliphatic carbocycles. The van der Waals surface area contributed by atoms with E-state index in [2.05, 4.69) is 5.32 Å². The first-order valence-electron chi connectivity index (χ1n) is 11.2. The highest BCUT2D eigenvalue weighted by atomic mass is 32.1. The fraction of sp³-hybridized carbons (Fsp3) is 0.440. The fourth-order valence-corrected chi connectivity index (χ4v) is 4.43. The molecule has 1 fully saturated rings. The van der Waals surface area contributed by atoms with Crippen LogP contribution in [0.15, 0.2) is 48.5 Å². The smallest absolute Gasteiger partial charge is 0.254 e. The van der Waals surface area contributed by atoms with E-state index in [4.69, 9.17) is 23.1 Å². The topological polar surface area (TPSA) is 105 Å². The van der Waals surface area contributed by atoms with Crippen LogP contribution in [-0.4, -0.2) is 65.0 Å². The standard InChI is InChI=1S/C25H33N3O4S/c1-17(22(29)25(2,33)15-20-5-3-4-6-21(20)16-26)27-23(30)18-7-9-19(10-8-18)24(31)28-11-13-32-14-12-28/h3-10,17,22,29,33H,11-16,26H2,1-2H3,(H,27,30)/t17?,22-,25?/m1/s1. The Balaban J connectivity index is 1.61. The van der Waals surface area contributed by atoms with Crippen molar-refractivity contribution in [2.75, 3.05) is 26.3 Å². The first kappa shape index (κ1) is 25.2. The molecule has 1 heterocycles. The fourth-order valence-electron chi connectivity index (χ4n) is 4.04. The zero-order chi connectivity index (χ0) is 24.0. The summed E-state index contributed by atoms with van der Waals surface area (Å²) in [4.78, 5) is 27.1. The van der Waals surface area contributed by atoms with Crippen LogP contribution in [0.5, 0.6) is 0 Å². The van der Waals surface area contributed by atoms with Gasteiger partial charge < -0.3 is 25.8 Å². The molecular formula is C25H33N3O4S. The lowest BCUT2D eigenvalue weighted by Gasteiger charge is -2.34. The maximum absolute atomic E-state index is 12.8. The number of carbonyl (C=O) groups is 2. The second kappa shape index (κ2) is 11.2. The number of benzene rings is 2. The number of thiol groups is 1. The molecule has 1 saturated heterocycles. The minimum absolute atomic E-state index is 0.0716. The zero-order valence-corrected chi connectivity index (χ0v) is 20.1. The Hall–Kier alpha value is -2.39. The number of amides is 2. The molecule has 2 aromatic rings. The number of nitrogens with zero attached hydrogens (tertiary/aromatic N) is 1. The van der Waals surface area contributed by atoms with Crippen LogP contribution in [0, 0.1) is 0 Å². The Morgan fingerprint density at radius 3 is 2.30 bits per heavy atom. The summed E-state index contributed by atoms with van der Waals surface area (Å²) in [6.07, 6.45) is -0.402. The van der Waals surface area contributed by atoms with Gasteiger partial charge in [0.2, 0.25) is 0 Å². The number of ether oxygens (including phenoxy) is 1. The van der Waals surface area contributed by atoms with Crippen molar-refractivity contribution >= 4 is 24.4 Å². The first-order valence-corrected chi connectivity index (χ1v) is 11.6. The molecule has 2 amide bonds. The van der Waals surface area contributed by atoms with Crippen LogP contribution in [0.1, 0.15) is 45.7 Å². The van der Waals surface area contributed by atoms with E-state index < -0.39 is 16.9 Å². The molecule has 2 unspecified atom stereocenters. The number of carbonyl (C=O) groups excluding carboxylic acids is 2. The molecule has 2 aromatic carbocycles. The van der Waals surface area contributed by atoms with Gasteiger partial charge in [0, 0.05) is 35.5 Å². The molecule has 0 aromatic heterocycles. The Bertz CT molecular complexity index is 958. The van der Waals surface area contributed by atoms with Gasteiger partial charge in [-0.25, -0.2) is 0 Å². The highest BCUT2D eigenvalue weighted by molar-refractivity contribution is 7.81. The van der Waals surface area contributed by atoms with E-state index in [1.807, 2.05) is 31.2 Å². The van der Waals surface area contributed by atoms with E-state index >= 15 is 0 Å². The SMILES string of the molecule is CC(NC(=O)c1ccc(C(=O)N2CCOCC2)cc1)[C@@H](O)C(C)(S)Cc1ccccc1CN. The predicted octanol–water partition coefficient (Wildman–Crippen LogP) is 2.03. The van der Waals surface area contributed by atoms with Crippen molar-refractivity contribution in [2.24, 2.45) is 5.73 Å². The number of morpholine rings is 1. The van der Waals surface area contributed by atoms with Crippen molar-refractivity contribution in [1.29, 1.82) is 0 Å². The van der Waals surface area contributed by atoms with Crippen molar-refractivity contribution < 1.29 is 19.4 Å². The van der Waals surface area contributed by atoms with Gasteiger partial charge in [-0.15, -0.1) is 0 Å². The molecule has 1 aliphatic rings. The van der Waals surface area contributed by atoms with Gasteiger partial charge in [-0.2, -0.15) is 12.6 Å². The number of nitrogens with one attached hydrogen (secondary N) is 1. The van der Waals surface area contributed by atoms with Gasteiger partial charge in [-0.1, -0.05) is 24.3 Å². The van der Waals surface area contributed by atoms with E-state index in [1.165, 1.54) is 0 Å². The number of rotatable bonds is 8. The van der Waals surface area contributed by atoms with Gasteiger partial charge in [0.25, 0.3) is 11.8 Å². The third-order valence-electron chi connectivity index (χ3n) is 6.05. The molecule has 1 aliphatic heterocycles. The van der Waals surface area contributed by atoms with Crippen molar-refractivity contribution in [2.45, 2.75) is 43.7 Å². The second-order valence-corrected chi connectivity index (χ2v) is 9.72. The quantitative estimate of drug-likeness (QED) is 0.441. The van der Waals surface area contributed by atoms with E-state index in [-0.39, 0.29) is 11.8 Å². The maximum Gasteiger partial charge on any atom is 0.254 e. The molecule has 0 radical (unpaired) electrons. The summed E-state index contributed by atoms with van der Waals surface area (Å²) in [5.41, 5.74) is 8.81. The minimum atomic E-state index is -0.905. The molecule has 8 heteroatoms. The van der Waals surface area contributed by atoms with E-state index in [9.17, 15) is 14.7 Å². The molecule has 7 nitrogen and oxygen atoms in total. The van der Waals surface area contributed by atoms with Crippen LogP contribution in [0.4, 0.5) is 0 Å². The van der Waals surface area contributed by atoms with Gasteiger partial charge in [0.05, 0.1) is 25.4 Å². The van der Waals surface area contributed by atoms with E-state index in [0.717, 1.165) is 11.1 Å². The van der Waals surface area contributed by atoms with E-state index in [0.29, 0.717) is 50.4 Å². The highest BCUT2D eigenvalue weighted by Gasteiger charge is 2.34. The summed E-state index contributed by atoms with van der Waals surface area (Å²) in [6.45, 7) is 6.21. The first-order chi connectivity index (χ1) is 15.7. The van der Waals surface area contributed by atoms with Crippen LogP contribution in [0.25, 0.3) is 0 Å². The Morgan fingerprint density at radius 1 is 1.12 bits per heavy atom. The van der Waals surface area contributed by atoms with Crippen molar-refractivity contribution in [1.82, 2.24) is 10.2 Å². The summed E-state index contributed by atoms with van der Waals surface area (Å²) in [7, 11) is 0. The molecule has 33 heavy (non-hydrogen) atoms. The molecule has 0 bridgehead atoms. The zero-order valence-electron chi connectivity index (χ0n) is 19.2. The normalized spacial score (nSPS) is 17.7. The van der Waals surface area contributed by atoms with Gasteiger partial charge in [-0.3, -0.25) is 9.59 Å². The van der Waals surface area contributed by atoms with Gasteiger partial charge in [0.1, 0.15) is 0 Å². The van der Waals surface area contributed by atoms with Crippen LogP contribution >= 0.6 is 12.6 Å². The molecule has 3 atom stereocenters. The summed E-state index contributed by atoms with van der Waals surface area (Å²) < 4.78 is 4.50. The lowest BCUT2D eigenvalue weighted by atomic mass is 9.89. The minimum Gasteiger partial charge on any atom is -0.390 e. The number of hydrogen-bond acceptors (Lipinski definition) is 6. The largest absolute Gasteiger partial charge is 0.390 e. The van der Waals surface area contributed by atoms with Crippen LogP contribution in [-0.2, 0) is 17.7 Å². The molecule has 178 valence electrons. The Morgan fingerprint density at radius 2 is 1.70 bits per heavy atom. The number of aliphatic hydroxyl groups is 1. The Labute approximate surface area is 200 Å². The van der Waals surface area contributed by atoms with E-state index in [1.54, 1.807) is 36.1 Å². The van der Waals surface area contributed by atoms with Crippen molar-refractivity contribution in [3.8, 4) is 0 Å². The molecule has 0 spiro atoms. The van der Waals surface area contributed by atoms with Gasteiger partial charge in [-0.05, 0) is 55.7 Å². The van der Waals surface area contributed by atoms with Gasteiger partial charge >= 0.3 is 0 Å². The molecule has 3 rings (SSSR count). The predicted molar refractivity (Wildman–Crippen MR) is 132 cm³/mol. The number of aliphatic hydroxyl groups excluding tert-OH is 1. The van der Waals surface area contributed by atoms with Crippen LogP contribution < -0.4 is 11.1 Å². The van der Waals surface area contributed by atoms with Crippen LogP contribution in [0.2, 0.25) is 0 Å². The number of hydrogen-bond donors (Lipinski definition) is 4. The molecule has 4 N–H and O–H groups in total. The average Bonchev–Trinajstić information content (AvgIpc) is 2.83. The lowest BCUT2D eigenvalue weighted by molar-refractivity contribution is 0.0303. The third kappa shape index (κ3) is 6.35. The summed E-state index contributed by atoms with van der Waals surface area (Å²) in [5, 5.41) is 13.8. The maximum atomic E-state index is 12.8. The summed E-state index contributed by atoms with van der Waals surface area (Å²) in [6, 6.07) is 13.8.